The Bertz CT molecular complexity index is 1530. The van der Waals surface area contributed by atoms with E-state index in [1.807, 2.05) is 56.3 Å². The molecular weight excluding hydrogens is 468 g/mol. The molecule has 37 heavy (non-hydrogen) atoms. The highest BCUT2D eigenvalue weighted by molar-refractivity contribution is 5.85. The monoisotopic (exact) mass is 498 g/mol. The molecule has 0 saturated heterocycles. The Labute approximate surface area is 214 Å². The van der Waals surface area contributed by atoms with Gasteiger partial charge in [-0.2, -0.15) is 0 Å². The van der Waals surface area contributed by atoms with Gasteiger partial charge < -0.3 is 14.1 Å². The number of fused-ring (bicyclic) bond motifs is 1. The van der Waals surface area contributed by atoms with Crippen molar-refractivity contribution in [1.82, 2.24) is 30.1 Å². The Morgan fingerprint density at radius 2 is 1.86 bits per heavy atom. The molecule has 2 aromatic carbocycles. The summed E-state index contributed by atoms with van der Waals surface area (Å²) in [5.74, 6) is 1.34. The van der Waals surface area contributed by atoms with Crippen LogP contribution in [0.25, 0.3) is 10.9 Å². The molecule has 0 aliphatic heterocycles. The molecule has 0 bridgehead atoms. The van der Waals surface area contributed by atoms with E-state index in [9.17, 15) is 4.79 Å². The Morgan fingerprint density at radius 3 is 2.62 bits per heavy atom. The van der Waals surface area contributed by atoms with E-state index in [4.69, 9.17) is 9.15 Å². The smallest absolute Gasteiger partial charge is 0.253 e. The number of H-pyrrole nitrogens is 1. The van der Waals surface area contributed by atoms with Crippen molar-refractivity contribution in [2.24, 2.45) is 0 Å². The van der Waals surface area contributed by atoms with Crippen molar-refractivity contribution in [3.8, 4) is 0 Å². The van der Waals surface area contributed by atoms with Crippen molar-refractivity contribution in [2.75, 3.05) is 13.7 Å². The Kier molecular flexibility index (Phi) is 7.25. The molecule has 0 saturated carbocycles. The van der Waals surface area contributed by atoms with Gasteiger partial charge in [-0.15, -0.1) is 5.10 Å². The molecule has 5 rings (SSSR count). The van der Waals surface area contributed by atoms with E-state index in [1.54, 1.807) is 18.1 Å². The van der Waals surface area contributed by atoms with Crippen LogP contribution in [0, 0.1) is 13.8 Å². The predicted octanol–water partition coefficient (Wildman–Crippen LogP) is 4.16. The number of methoxy groups -OCH3 is 1. The normalized spacial score (nSPS) is 12.4. The number of aromatic nitrogens is 5. The number of rotatable bonds is 10. The zero-order valence-corrected chi connectivity index (χ0v) is 21.2. The minimum absolute atomic E-state index is 0.176. The van der Waals surface area contributed by atoms with Gasteiger partial charge in [0.25, 0.3) is 5.56 Å². The summed E-state index contributed by atoms with van der Waals surface area (Å²) in [5.41, 5.74) is 4.42. The van der Waals surface area contributed by atoms with Crippen LogP contribution in [0.15, 0.2) is 76.1 Å². The molecule has 1 unspecified atom stereocenters. The number of hydrogen-bond acceptors (Lipinski definition) is 7. The minimum atomic E-state index is -0.551. The largest absolute Gasteiger partial charge is 0.468 e. The van der Waals surface area contributed by atoms with Crippen LogP contribution >= 0.6 is 0 Å². The molecule has 9 nitrogen and oxygen atoms in total. The molecule has 3 aromatic heterocycles. The Morgan fingerprint density at radius 1 is 1.05 bits per heavy atom. The van der Waals surface area contributed by atoms with Crippen LogP contribution in [0.5, 0.6) is 0 Å². The van der Waals surface area contributed by atoms with Crippen molar-refractivity contribution < 1.29 is 9.15 Å². The second-order valence-corrected chi connectivity index (χ2v) is 9.17. The number of ether oxygens (including phenoxy) is 1. The van der Waals surface area contributed by atoms with Crippen LogP contribution in [-0.2, 0) is 24.4 Å². The third kappa shape index (κ3) is 5.23. The predicted molar refractivity (Wildman–Crippen MR) is 140 cm³/mol. The standard InChI is InChI=1S/C28H30N6O3/c1-19-11-12-20(2)25-23(19)16-24(28(35)29-25)26(27-30-31-32-34(27)13-15-36-3)33(18-22-10-7-14-37-22)17-21-8-5-4-6-9-21/h4-12,14,16,26H,13,15,17-18H2,1-3H3,(H,29,35). The van der Waals surface area contributed by atoms with E-state index in [1.165, 1.54) is 0 Å². The number of tetrazole rings is 1. The fraction of sp³-hybridized carbons (Fsp3) is 0.286. The van der Waals surface area contributed by atoms with Gasteiger partial charge in [-0.05, 0) is 59.2 Å². The molecule has 9 heteroatoms. The molecule has 1 atom stereocenters. The fourth-order valence-corrected chi connectivity index (χ4v) is 4.70. The highest BCUT2D eigenvalue weighted by Gasteiger charge is 2.31. The van der Waals surface area contributed by atoms with Gasteiger partial charge in [-0.25, -0.2) is 4.68 Å². The number of pyridine rings is 1. The topological polar surface area (TPSA) is 102 Å². The van der Waals surface area contributed by atoms with Crippen molar-refractivity contribution in [3.05, 3.63) is 111 Å². The molecule has 0 aliphatic rings. The quantitative estimate of drug-likeness (QED) is 0.308. The molecule has 0 aliphatic carbocycles. The summed E-state index contributed by atoms with van der Waals surface area (Å²) in [6.07, 6.45) is 1.66. The van der Waals surface area contributed by atoms with Crippen molar-refractivity contribution in [2.45, 2.75) is 39.5 Å². The summed E-state index contributed by atoms with van der Waals surface area (Å²) in [6.45, 7) is 5.94. The number of aromatic amines is 1. The first-order chi connectivity index (χ1) is 18.0. The highest BCUT2D eigenvalue weighted by atomic mass is 16.5. The number of aryl methyl sites for hydroxylation is 2. The van der Waals surface area contributed by atoms with Crippen molar-refractivity contribution in [3.63, 3.8) is 0 Å². The van der Waals surface area contributed by atoms with E-state index in [0.29, 0.717) is 37.6 Å². The minimum Gasteiger partial charge on any atom is -0.468 e. The number of nitrogens with zero attached hydrogens (tertiary/aromatic N) is 5. The number of nitrogens with one attached hydrogen (secondary N) is 1. The van der Waals surface area contributed by atoms with Crippen LogP contribution in [0.3, 0.4) is 0 Å². The summed E-state index contributed by atoms with van der Waals surface area (Å²) in [6, 6.07) is 19.5. The molecule has 1 N–H and O–H groups in total. The van der Waals surface area contributed by atoms with Gasteiger partial charge in [-0.1, -0.05) is 42.5 Å². The summed E-state index contributed by atoms with van der Waals surface area (Å²) in [4.78, 5) is 19.0. The van der Waals surface area contributed by atoms with E-state index in [-0.39, 0.29) is 5.56 Å². The van der Waals surface area contributed by atoms with Crippen LogP contribution in [0.1, 0.15) is 39.9 Å². The lowest BCUT2D eigenvalue weighted by Crippen LogP contribution is -2.35. The van der Waals surface area contributed by atoms with Gasteiger partial charge in [0.1, 0.15) is 11.8 Å². The molecule has 5 aromatic rings. The summed E-state index contributed by atoms with van der Waals surface area (Å²) < 4.78 is 12.7. The maximum absolute atomic E-state index is 13.7. The third-order valence-electron chi connectivity index (χ3n) is 6.61. The average Bonchev–Trinajstić information content (AvgIpc) is 3.59. The lowest BCUT2D eigenvalue weighted by molar-refractivity contribution is 0.163. The lowest BCUT2D eigenvalue weighted by Gasteiger charge is -2.30. The number of furan rings is 1. The highest BCUT2D eigenvalue weighted by Crippen LogP contribution is 2.31. The maximum atomic E-state index is 13.7. The zero-order chi connectivity index (χ0) is 25.8. The second-order valence-electron chi connectivity index (χ2n) is 9.17. The SMILES string of the molecule is COCCn1nnnc1C(c1cc2c(C)ccc(C)c2[nH]c1=O)N(Cc1ccccc1)Cc1ccco1. The van der Waals surface area contributed by atoms with Gasteiger partial charge in [0.15, 0.2) is 5.82 Å². The zero-order valence-electron chi connectivity index (χ0n) is 21.2. The number of benzene rings is 2. The van der Waals surface area contributed by atoms with E-state index < -0.39 is 6.04 Å². The van der Waals surface area contributed by atoms with E-state index in [0.717, 1.165) is 33.4 Å². The fourth-order valence-electron chi connectivity index (χ4n) is 4.70. The van der Waals surface area contributed by atoms with Crippen LogP contribution in [-0.4, -0.2) is 43.8 Å². The van der Waals surface area contributed by atoms with Gasteiger partial charge in [0.05, 0.1) is 31.5 Å². The molecule has 0 fully saturated rings. The van der Waals surface area contributed by atoms with Crippen LogP contribution < -0.4 is 5.56 Å². The van der Waals surface area contributed by atoms with Crippen LogP contribution in [0.2, 0.25) is 0 Å². The van der Waals surface area contributed by atoms with Crippen molar-refractivity contribution >= 4 is 10.9 Å². The van der Waals surface area contributed by atoms with Crippen molar-refractivity contribution in [1.29, 1.82) is 0 Å². The third-order valence-corrected chi connectivity index (χ3v) is 6.61. The molecule has 0 radical (unpaired) electrons. The van der Waals surface area contributed by atoms with E-state index >= 15 is 0 Å². The summed E-state index contributed by atoms with van der Waals surface area (Å²) in [7, 11) is 1.64. The summed E-state index contributed by atoms with van der Waals surface area (Å²) >= 11 is 0. The molecule has 190 valence electrons. The van der Waals surface area contributed by atoms with E-state index in [2.05, 4.69) is 43.6 Å². The molecule has 3 heterocycles. The average molecular weight is 499 g/mol. The first kappa shape index (κ1) is 24.6. The molecule has 0 spiro atoms. The lowest BCUT2D eigenvalue weighted by atomic mass is 9.99. The summed E-state index contributed by atoms with van der Waals surface area (Å²) in [5, 5.41) is 13.6. The Balaban J connectivity index is 1.71. The molecule has 0 amide bonds. The van der Waals surface area contributed by atoms with Gasteiger partial charge in [-0.3, -0.25) is 9.69 Å². The first-order valence-corrected chi connectivity index (χ1v) is 12.2. The second kappa shape index (κ2) is 10.9. The molecular formula is C28H30N6O3. The van der Waals surface area contributed by atoms with Gasteiger partial charge in [0, 0.05) is 24.6 Å². The first-order valence-electron chi connectivity index (χ1n) is 12.2. The van der Waals surface area contributed by atoms with Gasteiger partial charge >= 0.3 is 0 Å². The van der Waals surface area contributed by atoms with Crippen LogP contribution in [0.4, 0.5) is 0 Å². The van der Waals surface area contributed by atoms with Gasteiger partial charge in [0.2, 0.25) is 0 Å². The maximum Gasteiger partial charge on any atom is 0.253 e. The Hall–Kier alpha value is -4.08. The number of hydrogen-bond donors (Lipinski definition) is 1.